The lowest BCUT2D eigenvalue weighted by molar-refractivity contribution is 0.0938. The zero-order chi connectivity index (χ0) is 16.3. The quantitative estimate of drug-likeness (QED) is 0.758. The van der Waals surface area contributed by atoms with Crippen LogP contribution in [0.4, 0.5) is 0 Å². The van der Waals surface area contributed by atoms with Crippen LogP contribution in [0, 0.1) is 5.92 Å². The number of carbonyl (C=O) groups excluding carboxylic acids is 2. The molecule has 1 aromatic heterocycles. The largest absolute Gasteiger partial charge is 0.294 e. The summed E-state index contributed by atoms with van der Waals surface area (Å²) in [6.45, 7) is 9.36. The number of nitrogens with zero attached hydrogens (tertiary/aromatic N) is 1. The van der Waals surface area contributed by atoms with Crippen LogP contribution in [-0.2, 0) is 0 Å². The van der Waals surface area contributed by atoms with Gasteiger partial charge in [-0.1, -0.05) is 58.0 Å². The molecule has 2 aromatic rings. The van der Waals surface area contributed by atoms with Crippen LogP contribution in [-0.4, -0.2) is 16.6 Å². The molecule has 0 spiro atoms. The molecule has 0 saturated carbocycles. The lowest BCUT2D eigenvalue weighted by atomic mass is 10.0. The molecule has 0 N–H and O–H groups in total. The first-order chi connectivity index (χ1) is 10.0. The second kappa shape index (κ2) is 10.9. The van der Waals surface area contributed by atoms with Gasteiger partial charge in [0.05, 0.1) is 10.4 Å². The monoisotopic (exact) mass is 305 g/mol. The summed E-state index contributed by atoms with van der Waals surface area (Å²) in [6.07, 6.45) is 1.58. The van der Waals surface area contributed by atoms with E-state index in [4.69, 9.17) is 0 Å². The molecule has 0 aliphatic heterocycles. The number of thiazole rings is 1. The summed E-state index contributed by atoms with van der Waals surface area (Å²) in [5.74, 6) is 0.399. The lowest BCUT2D eigenvalue weighted by Gasteiger charge is -2.01. The fourth-order valence-electron chi connectivity index (χ4n) is 1.33. The van der Waals surface area contributed by atoms with E-state index < -0.39 is 0 Å². The average Bonchev–Trinajstić information content (AvgIpc) is 3.04. The molecule has 2 rings (SSSR count). The molecule has 0 amide bonds. The Morgan fingerprint density at radius 1 is 1.10 bits per heavy atom. The van der Waals surface area contributed by atoms with Crippen LogP contribution >= 0.6 is 11.3 Å². The van der Waals surface area contributed by atoms with Crippen molar-refractivity contribution >= 4 is 22.9 Å². The van der Waals surface area contributed by atoms with Gasteiger partial charge < -0.3 is 0 Å². The van der Waals surface area contributed by atoms with Crippen molar-refractivity contribution in [1.29, 1.82) is 0 Å². The maximum absolute atomic E-state index is 11.3. The van der Waals surface area contributed by atoms with Crippen molar-refractivity contribution in [2.24, 2.45) is 5.92 Å². The normalized spacial score (nSPS) is 9.05. The summed E-state index contributed by atoms with van der Waals surface area (Å²) in [4.78, 5) is 26.3. The second-order valence-electron chi connectivity index (χ2n) is 4.31. The summed E-state index contributed by atoms with van der Waals surface area (Å²) < 4.78 is 0. The maximum atomic E-state index is 11.3. The van der Waals surface area contributed by atoms with Crippen LogP contribution in [0.3, 0.4) is 0 Å². The Balaban J connectivity index is 0.000000354. The smallest absolute Gasteiger partial charge is 0.171 e. The molecule has 4 heteroatoms. The molecule has 0 unspecified atom stereocenters. The second-order valence-corrected chi connectivity index (χ2v) is 5.19. The van der Waals surface area contributed by atoms with Gasteiger partial charge in [-0.15, -0.1) is 11.3 Å². The predicted molar refractivity (Wildman–Crippen MR) is 89.1 cm³/mol. The van der Waals surface area contributed by atoms with Crippen LogP contribution in [0.1, 0.15) is 54.6 Å². The van der Waals surface area contributed by atoms with Gasteiger partial charge in [0.2, 0.25) is 0 Å². The molecule has 114 valence electrons. The van der Waals surface area contributed by atoms with Gasteiger partial charge in [0.15, 0.2) is 11.6 Å². The van der Waals surface area contributed by atoms with Crippen LogP contribution in [0.15, 0.2) is 42.0 Å². The zero-order valence-corrected chi connectivity index (χ0v) is 14.1. The third-order valence-corrected chi connectivity index (χ3v) is 3.24. The van der Waals surface area contributed by atoms with Crippen molar-refractivity contribution in [3.05, 3.63) is 52.5 Å². The van der Waals surface area contributed by atoms with Crippen molar-refractivity contribution in [2.45, 2.75) is 34.6 Å². The van der Waals surface area contributed by atoms with E-state index in [9.17, 15) is 9.59 Å². The Labute approximate surface area is 131 Å². The fraction of sp³-hybridized carbons (Fsp3) is 0.353. The summed E-state index contributed by atoms with van der Waals surface area (Å²) in [5.41, 5.74) is 2.46. The topological polar surface area (TPSA) is 47.0 Å². The Morgan fingerprint density at radius 2 is 1.67 bits per heavy atom. The highest BCUT2D eigenvalue weighted by atomic mass is 32.1. The fourth-order valence-corrected chi connectivity index (χ4v) is 1.85. The molecule has 0 saturated heterocycles. The number of rotatable bonds is 3. The molecule has 1 heterocycles. The zero-order valence-electron chi connectivity index (χ0n) is 13.3. The first-order valence-corrected chi connectivity index (χ1v) is 7.89. The van der Waals surface area contributed by atoms with E-state index in [0.29, 0.717) is 0 Å². The number of ketones is 2. The molecule has 0 bridgehead atoms. The third-order valence-electron chi connectivity index (χ3n) is 2.36. The molecular weight excluding hydrogens is 282 g/mol. The van der Waals surface area contributed by atoms with Gasteiger partial charge in [0.1, 0.15) is 0 Å². The highest BCUT2D eigenvalue weighted by Gasteiger charge is 2.08. The molecule has 0 aliphatic rings. The number of Topliss-reactive ketones (excluding diaryl/α,β-unsaturated/α-hetero) is 2. The molecular formula is C17H23NO2S. The number of carbonyl (C=O) groups is 2. The van der Waals surface area contributed by atoms with E-state index in [1.54, 1.807) is 11.7 Å². The van der Waals surface area contributed by atoms with Gasteiger partial charge >= 0.3 is 0 Å². The lowest BCUT2D eigenvalue weighted by Crippen LogP contribution is -2.06. The van der Waals surface area contributed by atoms with Gasteiger partial charge in [0.25, 0.3) is 0 Å². The van der Waals surface area contributed by atoms with Crippen molar-refractivity contribution in [3.63, 3.8) is 0 Å². The van der Waals surface area contributed by atoms with E-state index in [1.807, 2.05) is 58.0 Å². The minimum atomic E-state index is 0.0903. The minimum absolute atomic E-state index is 0.0903. The van der Waals surface area contributed by atoms with Gasteiger partial charge in [-0.3, -0.25) is 14.6 Å². The molecule has 0 radical (unpaired) electrons. The summed E-state index contributed by atoms with van der Waals surface area (Å²) in [6, 6.07) is 9.38. The Kier molecular flexibility index (Phi) is 9.98. The van der Waals surface area contributed by atoms with E-state index in [2.05, 4.69) is 4.98 Å². The number of hydrogen-bond donors (Lipinski definition) is 0. The van der Waals surface area contributed by atoms with E-state index in [-0.39, 0.29) is 17.5 Å². The van der Waals surface area contributed by atoms with Crippen LogP contribution < -0.4 is 0 Å². The SMILES string of the molecule is CC.CC(=O)c1cncs1.CC(C)C(=O)c1ccccc1. The summed E-state index contributed by atoms with van der Waals surface area (Å²) >= 11 is 1.37. The Hall–Kier alpha value is -1.81. The van der Waals surface area contributed by atoms with Crippen LogP contribution in [0.25, 0.3) is 0 Å². The van der Waals surface area contributed by atoms with Crippen molar-refractivity contribution in [2.75, 3.05) is 0 Å². The predicted octanol–water partition coefficient (Wildman–Crippen LogP) is 4.90. The molecule has 0 aliphatic carbocycles. The highest BCUT2D eigenvalue weighted by Crippen LogP contribution is 2.06. The Morgan fingerprint density at radius 3 is 2.00 bits per heavy atom. The minimum Gasteiger partial charge on any atom is -0.294 e. The third kappa shape index (κ3) is 7.51. The van der Waals surface area contributed by atoms with E-state index in [0.717, 1.165) is 10.4 Å². The standard InChI is InChI=1S/C10H12O.C5H5NOS.C2H6/c1-8(2)10(11)9-6-4-3-5-7-9;1-4(7)5-2-6-3-8-5;1-2/h3-8H,1-2H3;2-3H,1H3;1-2H3. The first-order valence-electron chi connectivity index (χ1n) is 7.01. The molecule has 3 nitrogen and oxygen atoms in total. The van der Waals surface area contributed by atoms with E-state index >= 15 is 0 Å². The van der Waals surface area contributed by atoms with Gasteiger partial charge in [-0.25, -0.2) is 0 Å². The molecule has 21 heavy (non-hydrogen) atoms. The summed E-state index contributed by atoms with van der Waals surface area (Å²) in [5, 5.41) is 0. The number of aromatic nitrogens is 1. The van der Waals surface area contributed by atoms with Gasteiger partial charge in [0, 0.05) is 24.6 Å². The van der Waals surface area contributed by atoms with Crippen molar-refractivity contribution < 1.29 is 9.59 Å². The van der Waals surface area contributed by atoms with Crippen LogP contribution in [0.2, 0.25) is 0 Å². The van der Waals surface area contributed by atoms with Crippen molar-refractivity contribution in [1.82, 2.24) is 4.98 Å². The van der Waals surface area contributed by atoms with Crippen LogP contribution in [0.5, 0.6) is 0 Å². The maximum Gasteiger partial charge on any atom is 0.171 e. The van der Waals surface area contributed by atoms with E-state index in [1.165, 1.54) is 18.3 Å². The van der Waals surface area contributed by atoms with Gasteiger partial charge in [-0.2, -0.15) is 0 Å². The Bertz CT molecular complexity index is 519. The number of benzene rings is 1. The summed E-state index contributed by atoms with van der Waals surface area (Å²) in [7, 11) is 0. The van der Waals surface area contributed by atoms with Crippen molar-refractivity contribution in [3.8, 4) is 0 Å². The molecule has 1 aromatic carbocycles. The molecule has 0 fully saturated rings. The first kappa shape index (κ1) is 19.2. The number of hydrogen-bond acceptors (Lipinski definition) is 4. The van der Waals surface area contributed by atoms with Gasteiger partial charge in [-0.05, 0) is 0 Å². The highest BCUT2D eigenvalue weighted by molar-refractivity contribution is 7.11. The average molecular weight is 305 g/mol. The molecule has 0 atom stereocenters.